The lowest BCUT2D eigenvalue weighted by Crippen LogP contribution is -2.71. The number of aliphatic carboxylic acids is 1. The molecule has 15 nitrogen and oxygen atoms in total. The Kier molecular flexibility index (Phi) is 8.11. The maximum absolute atomic E-state index is 12.9. The summed E-state index contributed by atoms with van der Waals surface area (Å²) in [5.74, 6) is -4.75. The van der Waals surface area contributed by atoms with Gasteiger partial charge in [0.2, 0.25) is 5.16 Å². The second-order valence-corrected chi connectivity index (χ2v) is 10.5. The summed E-state index contributed by atoms with van der Waals surface area (Å²) in [6.45, 7) is 0. The van der Waals surface area contributed by atoms with E-state index < -0.39 is 52.1 Å². The van der Waals surface area contributed by atoms with E-state index in [1.165, 1.54) is 28.2 Å². The number of carboxylic acids is 1. The molecule has 0 saturated carbocycles. The molecule has 2 aromatic rings. The second-order valence-electron chi connectivity index (χ2n) is 7.60. The maximum atomic E-state index is 12.9. The summed E-state index contributed by atoms with van der Waals surface area (Å²) < 4.78 is 38.9. The number of alkyl halides is 3. The third-order valence-electron chi connectivity index (χ3n) is 5.12. The maximum Gasteiger partial charge on any atom is 0.471 e. The molecular weight excluding hydrogens is 591 g/mol. The van der Waals surface area contributed by atoms with Crippen molar-refractivity contribution in [3.8, 4) is 0 Å². The van der Waals surface area contributed by atoms with Crippen LogP contribution in [0, 0.1) is 0 Å². The first kappa shape index (κ1) is 28.3. The van der Waals surface area contributed by atoms with Crippen molar-refractivity contribution in [2.24, 2.45) is 12.2 Å². The summed E-state index contributed by atoms with van der Waals surface area (Å²) in [5, 5.41) is 28.8. The van der Waals surface area contributed by atoms with Gasteiger partial charge in [-0.15, -0.1) is 28.2 Å². The molecule has 1 unspecified atom stereocenters. The van der Waals surface area contributed by atoms with Crippen molar-refractivity contribution in [1.82, 2.24) is 35.4 Å². The first-order valence-corrected chi connectivity index (χ1v) is 13.3. The smallest absolute Gasteiger partial charge is 0.471 e. The van der Waals surface area contributed by atoms with Crippen molar-refractivity contribution in [3.63, 3.8) is 0 Å². The van der Waals surface area contributed by atoms with Gasteiger partial charge in [0.1, 0.15) is 29.9 Å². The highest BCUT2D eigenvalue weighted by Crippen LogP contribution is 2.41. The number of tetrazole rings is 1. The number of carbonyl (C=O) groups is 4. The number of amides is 3. The number of fused-ring (bicyclic) bond motifs is 1. The molecule has 1 fully saturated rings. The van der Waals surface area contributed by atoms with Gasteiger partial charge in [0.15, 0.2) is 10.8 Å². The fourth-order valence-corrected chi connectivity index (χ4v) is 6.43. The van der Waals surface area contributed by atoms with Gasteiger partial charge in [-0.1, -0.05) is 16.9 Å². The Balaban J connectivity index is 1.46. The Morgan fingerprint density at radius 1 is 1.36 bits per heavy atom. The van der Waals surface area contributed by atoms with Crippen LogP contribution in [0.4, 0.5) is 18.3 Å². The zero-order valence-electron chi connectivity index (χ0n) is 19.6. The number of nitrogens with one attached hydrogen (secondary N) is 2. The largest absolute Gasteiger partial charge is 0.477 e. The van der Waals surface area contributed by atoms with Crippen LogP contribution in [0.2, 0.25) is 0 Å². The number of oxime groups is 1. The lowest BCUT2D eigenvalue weighted by molar-refractivity contribution is -0.167. The number of thioether (sulfide) groups is 2. The number of hydrogen-bond acceptors (Lipinski definition) is 13. The van der Waals surface area contributed by atoms with Crippen molar-refractivity contribution in [3.05, 3.63) is 22.3 Å². The number of hydrogen-bond donors (Lipinski definition) is 3. The number of β-lactam (4-membered cyclic amide) rings is 1. The number of aromatic nitrogens is 5. The molecule has 208 valence electrons. The number of carbonyl (C=O) groups excluding carboxylic acids is 3. The summed E-state index contributed by atoms with van der Waals surface area (Å²) in [4.78, 5) is 58.5. The van der Waals surface area contributed by atoms with Crippen LogP contribution in [0.25, 0.3) is 0 Å². The summed E-state index contributed by atoms with van der Waals surface area (Å²) in [6, 6.07) is -1.13. The van der Waals surface area contributed by atoms with E-state index in [-0.39, 0.29) is 22.9 Å². The van der Waals surface area contributed by atoms with Crippen molar-refractivity contribution in [2.45, 2.75) is 22.7 Å². The molecule has 2 aliphatic heterocycles. The Morgan fingerprint density at radius 3 is 2.72 bits per heavy atom. The van der Waals surface area contributed by atoms with Crippen molar-refractivity contribution in [1.29, 1.82) is 0 Å². The molecular formula is C18H16F3N9O6S3. The fourth-order valence-electron chi connectivity index (χ4n) is 3.40. The summed E-state index contributed by atoms with van der Waals surface area (Å²) >= 11 is 3.03. The van der Waals surface area contributed by atoms with Crippen molar-refractivity contribution < 1.29 is 42.3 Å². The average molecular weight is 608 g/mol. The average Bonchev–Trinajstić information content (AvgIpc) is 3.51. The van der Waals surface area contributed by atoms with E-state index >= 15 is 0 Å². The molecule has 0 aliphatic carbocycles. The molecule has 1 saturated heterocycles. The SMILES string of the molecule is CO/N=C(/C(=O)NC1C(=O)N2C(C(=O)O)=C(CSc3nnnn3C)CS[C@H]12)c1csc(NC(=O)C(F)(F)F)n1. The van der Waals surface area contributed by atoms with Gasteiger partial charge in [-0.3, -0.25) is 24.6 Å². The van der Waals surface area contributed by atoms with E-state index in [9.17, 15) is 37.5 Å². The summed E-state index contributed by atoms with van der Waals surface area (Å²) in [5.41, 5.74) is -0.434. The molecule has 0 aromatic carbocycles. The zero-order chi connectivity index (χ0) is 28.5. The summed E-state index contributed by atoms with van der Waals surface area (Å²) in [6.07, 6.45) is -5.14. The third-order valence-corrected chi connectivity index (χ3v) is 8.31. The molecule has 3 amide bonds. The Bertz CT molecular complexity index is 1390. The van der Waals surface area contributed by atoms with Crippen LogP contribution >= 0.6 is 34.9 Å². The number of rotatable bonds is 9. The lowest BCUT2D eigenvalue weighted by atomic mass is 10.0. The monoisotopic (exact) mass is 607 g/mol. The minimum absolute atomic E-state index is 0.202. The van der Waals surface area contributed by atoms with Gasteiger partial charge in [-0.2, -0.15) is 13.2 Å². The molecule has 3 N–H and O–H groups in total. The van der Waals surface area contributed by atoms with E-state index in [1.54, 1.807) is 12.4 Å². The van der Waals surface area contributed by atoms with Gasteiger partial charge >= 0.3 is 18.1 Å². The number of nitrogens with zero attached hydrogens (tertiary/aromatic N) is 7. The van der Waals surface area contributed by atoms with E-state index in [4.69, 9.17) is 0 Å². The molecule has 2 aliphatic rings. The molecule has 21 heteroatoms. The molecule has 0 bridgehead atoms. The quantitative estimate of drug-likeness (QED) is 0.150. The van der Waals surface area contributed by atoms with Crippen LogP contribution in [0.5, 0.6) is 0 Å². The van der Waals surface area contributed by atoms with E-state index in [0.717, 1.165) is 17.4 Å². The molecule has 2 aromatic heterocycles. The van der Waals surface area contributed by atoms with Gasteiger partial charge in [-0.25, -0.2) is 14.5 Å². The predicted molar refractivity (Wildman–Crippen MR) is 130 cm³/mol. The molecule has 0 spiro atoms. The zero-order valence-corrected chi connectivity index (χ0v) is 22.1. The van der Waals surface area contributed by atoms with Crippen molar-refractivity contribution in [2.75, 3.05) is 23.9 Å². The molecule has 39 heavy (non-hydrogen) atoms. The van der Waals surface area contributed by atoms with Crippen molar-refractivity contribution >= 4 is 69.4 Å². The standard InChI is InChI=1S/C18H16F3N9O6S3/c1-29-17(25-27-28-29)39-4-6-3-37-13-9(12(32)30(13)10(6)14(33)34)23-11(31)8(26-36-2)7-5-38-16(22-7)24-15(35)18(19,20)21/h5,9,13H,3-4H2,1-2H3,(H,23,31)(H,33,34)(H,22,24,35)/b26-8+/t9?,13-/m1/s1. The highest BCUT2D eigenvalue weighted by molar-refractivity contribution is 8.01. The third kappa shape index (κ3) is 5.83. The summed E-state index contributed by atoms with van der Waals surface area (Å²) in [7, 11) is 2.73. The lowest BCUT2D eigenvalue weighted by Gasteiger charge is -2.49. The van der Waals surface area contributed by atoms with Crippen LogP contribution in [0.1, 0.15) is 5.69 Å². The molecule has 4 rings (SSSR count). The van der Waals surface area contributed by atoms with E-state index in [0.29, 0.717) is 22.1 Å². The van der Waals surface area contributed by atoms with Crippen LogP contribution in [0.15, 0.2) is 27.0 Å². The van der Waals surface area contributed by atoms with E-state index in [2.05, 4.69) is 35.8 Å². The normalized spacial score (nSPS) is 19.4. The number of halogens is 3. The number of aryl methyl sites for hydroxylation is 1. The number of carboxylic acid groups (broad SMARTS) is 1. The Morgan fingerprint density at radius 2 is 2.10 bits per heavy atom. The minimum Gasteiger partial charge on any atom is -0.477 e. The second kappa shape index (κ2) is 11.2. The van der Waals surface area contributed by atoms with Gasteiger partial charge in [0, 0.05) is 23.9 Å². The predicted octanol–water partition coefficient (Wildman–Crippen LogP) is 0.0488. The van der Waals surface area contributed by atoms with Crippen LogP contribution in [0.3, 0.4) is 0 Å². The Labute approximate surface area is 228 Å². The number of thiazole rings is 1. The topological polar surface area (TPSA) is 194 Å². The van der Waals surface area contributed by atoms with E-state index in [1.807, 2.05) is 0 Å². The van der Waals surface area contributed by atoms with Crippen LogP contribution in [-0.4, -0.2) is 101 Å². The molecule has 0 radical (unpaired) electrons. The first-order chi connectivity index (χ1) is 18.4. The van der Waals surface area contributed by atoms with Crippen LogP contribution < -0.4 is 10.6 Å². The highest BCUT2D eigenvalue weighted by atomic mass is 32.2. The highest BCUT2D eigenvalue weighted by Gasteiger charge is 2.54. The molecule has 4 heterocycles. The number of anilines is 1. The van der Waals surface area contributed by atoms with Gasteiger partial charge in [0.25, 0.3) is 11.8 Å². The molecule has 2 atom stereocenters. The van der Waals surface area contributed by atoms with Gasteiger partial charge in [-0.05, 0) is 16.0 Å². The Hall–Kier alpha value is -3.72. The minimum atomic E-state index is -5.14. The van der Waals surface area contributed by atoms with Gasteiger partial charge in [0.05, 0.1) is 0 Å². The van der Waals surface area contributed by atoms with Crippen LogP contribution in [-0.2, 0) is 31.1 Å². The fraction of sp³-hybridized carbons (Fsp3) is 0.389. The van der Waals surface area contributed by atoms with Gasteiger partial charge < -0.3 is 15.3 Å². The first-order valence-electron chi connectivity index (χ1n) is 10.4.